The molecule has 0 radical (unpaired) electrons. The van der Waals surface area contributed by atoms with Crippen LogP contribution in [-0.4, -0.2) is 55.5 Å². The lowest BCUT2D eigenvalue weighted by Gasteiger charge is -2.38. The summed E-state index contributed by atoms with van der Waals surface area (Å²) in [5.41, 5.74) is 0.413. The molecule has 0 fully saturated rings. The monoisotopic (exact) mass is 384 g/mol. The van der Waals surface area contributed by atoms with Gasteiger partial charge in [-0.2, -0.15) is 0 Å². The molecule has 8 heteroatoms. The molecule has 154 valence electrons. The summed E-state index contributed by atoms with van der Waals surface area (Å²) < 4.78 is 16.2. The van der Waals surface area contributed by atoms with Crippen LogP contribution in [0.3, 0.4) is 0 Å². The molecule has 3 atom stereocenters. The van der Waals surface area contributed by atoms with Crippen molar-refractivity contribution in [2.45, 2.75) is 78.2 Å². The van der Waals surface area contributed by atoms with Gasteiger partial charge in [0, 0.05) is 18.9 Å². The van der Waals surface area contributed by atoms with E-state index in [0.29, 0.717) is 5.57 Å². The summed E-state index contributed by atoms with van der Waals surface area (Å²) in [4.78, 5) is 36.0. The van der Waals surface area contributed by atoms with E-state index in [1.165, 1.54) is 6.92 Å². The highest BCUT2D eigenvalue weighted by atomic mass is 16.5. The first-order valence-corrected chi connectivity index (χ1v) is 9.59. The van der Waals surface area contributed by atoms with Crippen molar-refractivity contribution in [3.05, 3.63) is 11.6 Å². The molecule has 0 aromatic heterocycles. The second-order valence-electron chi connectivity index (χ2n) is 6.35. The summed E-state index contributed by atoms with van der Waals surface area (Å²) in [6.07, 6.45) is 2.28. The number of esters is 1. The van der Waals surface area contributed by atoms with Crippen LogP contribution >= 0.6 is 0 Å². The smallest absolute Gasteiger partial charge is 0.407 e. The van der Waals surface area contributed by atoms with Crippen LogP contribution in [0.2, 0.25) is 0 Å². The first kappa shape index (κ1) is 23.0. The molecule has 0 saturated carbocycles. The molecule has 2 amide bonds. The first-order valence-electron chi connectivity index (χ1n) is 9.59. The van der Waals surface area contributed by atoms with Gasteiger partial charge in [-0.05, 0) is 32.8 Å². The van der Waals surface area contributed by atoms with Gasteiger partial charge in [-0.15, -0.1) is 0 Å². The van der Waals surface area contributed by atoms with Gasteiger partial charge in [0.05, 0.1) is 37.5 Å². The van der Waals surface area contributed by atoms with Gasteiger partial charge in [0.25, 0.3) is 0 Å². The Hall–Kier alpha value is -2.09. The highest BCUT2D eigenvalue weighted by Crippen LogP contribution is 2.25. The van der Waals surface area contributed by atoms with Gasteiger partial charge in [-0.25, -0.2) is 9.59 Å². The molecule has 0 bridgehead atoms. The second kappa shape index (κ2) is 11.6. The maximum absolute atomic E-state index is 12.3. The van der Waals surface area contributed by atoms with E-state index in [2.05, 4.69) is 10.6 Å². The second-order valence-corrected chi connectivity index (χ2v) is 6.35. The SMILES string of the molecule is CCOC(=O)N[C@H]1CC(C(=O)OCC)=C[C@@H](OC(CC)CC)[C@@H]1NC(C)=O. The largest absolute Gasteiger partial charge is 0.463 e. The number of hydrogen-bond acceptors (Lipinski definition) is 6. The Bertz CT molecular complexity index is 544. The summed E-state index contributed by atoms with van der Waals surface area (Å²) in [7, 11) is 0. The van der Waals surface area contributed by atoms with E-state index in [-0.39, 0.29) is 31.6 Å². The van der Waals surface area contributed by atoms with Crippen LogP contribution in [0, 0.1) is 0 Å². The number of alkyl carbamates (subject to hydrolysis) is 1. The van der Waals surface area contributed by atoms with Crippen molar-refractivity contribution in [2.75, 3.05) is 13.2 Å². The average Bonchev–Trinajstić information content (AvgIpc) is 2.61. The quantitative estimate of drug-likeness (QED) is 0.590. The predicted molar refractivity (Wildman–Crippen MR) is 100 cm³/mol. The van der Waals surface area contributed by atoms with Gasteiger partial charge < -0.3 is 24.8 Å². The number of ether oxygens (including phenoxy) is 3. The third kappa shape index (κ3) is 7.21. The molecular weight excluding hydrogens is 352 g/mol. The van der Waals surface area contributed by atoms with Gasteiger partial charge in [-0.1, -0.05) is 13.8 Å². The summed E-state index contributed by atoms with van der Waals surface area (Å²) in [6, 6.07) is -1.08. The highest BCUT2D eigenvalue weighted by Gasteiger charge is 2.38. The standard InChI is InChI=1S/C19H32N2O6/c1-6-14(7-2)27-16-11-13(18(23)25-8-3)10-15(17(16)20-12(5)22)21-19(24)26-9-4/h11,14-17H,6-10H2,1-5H3,(H,20,22)(H,21,24)/t15-,16+,17+/m0/s1. The predicted octanol–water partition coefficient (Wildman–Crippen LogP) is 2.07. The molecular formula is C19H32N2O6. The number of carbonyl (C=O) groups excluding carboxylic acids is 3. The minimum Gasteiger partial charge on any atom is -0.463 e. The maximum atomic E-state index is 12.3. The zero-order valence-corrected chi connectivity index (χ0v) is 16.9. The Morgan fingerprint density at radius 3 is 2.22 bits per heavy atom. The molecule has 2 N–H and O–H groups in total. The summed E-state index contributed by atoms with van der Waals surface area (Å²) >= 11 is 0. The number of rotatable bonds is 9. The van der Waals surface area contributed by atoms with Crippen LogP contribution < -0.4 is 10.6 Å². The van der Waals surface area contributed by atoms with Gasteiger partial charge in [0.1, 0.15) is 0 Å². The summed E-state index contributed by atoms with van der Waals surface area (Å²) in [5.74, 6) is -0.700. The highest BCUT2D eigenvalue weighted by molar-refractivity contribution is 5.89. The number of carbonyl (C=O) groups is 3. The minimum atomic E-state index is -0.607. The first-order chi connectivity index (χ1) is 12.9. The van der Waals surface area contributed by atoms with Crippen molar-refractivity contribution in [1.29, 1.82) is 0 Å². The van der Waals surface area contributed by atoms with E-state index in [0.717, 1.165) is 12.8 Å². The zero-order chi connectivity index (χ0) is 20.4. The van der Waals surface area contributed by atoms with Crippen LogP contribution in [0.25, 0.3) is 0 Å². The van der Waals surface area contributed by atoms with Gasteiger partial charge >= 0.3 is 12.1 Å². The van der Waals surface area contributed by atoms with Crippen LogP contribution in [0.4, 0.5) is 4.79 Å². The molecule has 1 aliphatic rings. The van der Waals surface area contributed by atoms with Gasteiger partial charge in [-0.3, -0.25) is 4.79 Å². The van der Waals surface area contributed by atoms with E-state index in [1.54, 1.807) is 19.9 Å². The Kier molecular flexibility index (Phi) is 9.85. The molecule has 0 unspecified atom stereocenters. The molecule has 8 nitrogen and oxygen atoms in total. The third-order valence-electron chi connectivity index (χ3n) is 4.34. The van der Waals surface area contributed by atoms with Crippen molar-refractivity contribution < 1.29 is 28.6 Å². The van der Waals surface area contributed by atoms with Crippen molar-refractivity contribution in [1.82, 2.24) is 10.6 Å². The molecule has 0 aromatic rings. The van der Waals surface area contributed by atoms with Gasteiger partial charge in [0.15, 0.2) is 0 Å². The Balaban J connectivity index is 3.17. The van der Waals surface area contributed by atoms with E-state index < -0.39 is 30.3 Å². The average molecular weight is 384 g/mol. The molecule has 0 aliphatic heterocycles. The molecule has 0 spiro atoms. The maximum Gasteiger partial charge on any atom is 0.407 e. The molecule has 1 rings (SSSR count). The van der Waals surface area contributed by atoms with Crippen molar-refractivity contribution in [3.63, 3.8) is 0 Å². The number of amides is 2. The minimum absolute atomic E-state index is 0.0349. The summed E-state index contributed by atoms with van der Waals surface area (Å²) in [6.45, 7) is 9.32. The molecule has 0 heterocycles. The fourth-order valence-corrected chi connectivity index (χ4v) is 3.05. The van der Waals surface area contributed by atoms with Crippen LogP contribution in [0.15, 0.2) is 11.6 Å². The van der Waals surface area contributed by atoms with Crippen molar-refractivity contribution in [2.24, 2.45) is 0 Å². The summed E-state index contributed by atoms with van der Waals surface area (Å²) in [5, 5.41) is 5.58. The van der Waals surface area contributed by atoms with Crippen molar-refractivity contribution >= 4 is 18.0 Å². The number of hydrogen-bond donors (Lipinski definition) is 2. The Labute approximate surface area is 161 Å². The Morgan fingerprint density at radius 2 is 1.70 bits per heavy atom. The van der Waals surface area contributed by atoms with Crippen LogP contribution in [0.1, 0.15) is 53.9 Å². The molecule has 0 saturated heterocycles. The van der Waals surface area contributed by atoms with Crippen LogP contribution in [0.5, 0.6) is 0 Å². The number of nitrogens with one attached hydrogen (secondary N) is 2. The Morgan fingerprint density at radius 1 is 1.07 bits per heavy atom. The topological polar surface area (TPSA) is 103 Å². The van der Waals surface area contributed by atoms with Crippen molar-refractivity contribution in [3.8, 4) is 0 Å². The zero-order valence-electron chi connectivity index (χ0n) is 16.9. The fraction of sp³-hybridized carbons (Fsp3) is 0.737. The van der Waals surface area contributed by atoms with E-state index in [1.807, 2.05) is 13.8 Å². The van der Waals surface area contributed by atoms with E-state index >= 15 is 0 Å². The lowest BCUT2D eigenvalue weighted by molar-refractivity contribution is -0.139. The van der Waals surface area contributed by atoms with E-state index in [4.69, 9.17) is 14.2 Å². The third-order valence-corrected chi connectivity index (χ3v) is 4.34. The van der Waals surface area contributed by atoms with Gasteiger partial charge in [0.2, 0.25) is 5.91 Å². The fourth-order valence-electron chi connectivity index (χ4n) is 3.05. The lowest BCUT2D eigenvalue weighted by atomic mass is 9.87. The molecule has 27 heavy (non-hydrogen) atoms. The van der Waals surface area contributed by atoms with Crippen LogP contribution in [-0.2, 0) is 23.8 Å². The van der Waals surface area contributed by atoms with E-state index in [9.17, 15) is 14.4 Å². The normalized spacial score (nSPS) is 22.0. The molecule has 0 aromatic carbocycles. The molecule has 1 aliphatic carbocycles. The lowest BCUT2D eigenvalue weighted by Crippen LogP contribution is -2.59.